The third-order valence-electron chi connectivity index (χ3n) is 3.34. The number of fused-ring (bicyclic) bond motifs is 1. The highest BCUT2D eigenvalue weighted by molar-refractivity contribution is 5.81. The number of aromatic nitrogens is 3. The molecule has 0 radical (unpaired) electrons. The summed E-state index contributed by atoms with van der Waals surface area (Å²) < 4.78 is 1.78. The molecule has 0 fully saturated rings. The lowest BCUT2D eigenvalue weighted by atomic mass is 10.2. The van der Waals surface area contributed by atoms with Crippen LogP contribution in [-0.4, -0.2) is 45.7 Å². The Kier molecular flexibility index (Phi) is 4.04. The first-order valence-electron chi connectivity index (χ1n) is 6.63. The zero-order valence-corrected chi connectivity index (χ0v) is 12.6. The summed E-state index contributed by atoms with van der Waals surface area (Å²) in [5.74, 6) is 0.0663. The Morgan fingerprint density at radius 1 is 1.50 bits per heavy atom. The van der Waals surface area contributed by atoms with E-state index in [-0.39, 0.29) is 11.9 Å². The number of pyridine rings is 1. The lowest BCUT2D eigenvalue weighted by Gasteiger charge is -2.17. The van der Waals surface area contributed by atoms with Gasteiger partial charge in [0.15, 0.2) is 5.65 Å². The largest absolute Gasteiger partial charge is 0.347 e. The predicted octanol–water partition coefficient (Wildman–Crippen LogP) is 0.843. The number of nitrogens with one attached hydrogen (secondary N) is 1. The van der Waals surface area contributed by atoms with Gasteiger partial charge < -0.3 is 10.2 Å². The van der Waals surface area contributed by atoms with Gasteiger partial charge in [-0.05, 0) is 25.5 Å². The number of rotatable bonds is 4. The normalized spacial score (nSPS) is 12.7. The fourth-order valence-corrected chi connectivity index (χ4v) is 2.19. The first-order valence-corrected chi connectivity index (χ1v) is 6.63. The van der Waals surface area contributed by atoms with Crippen molar-refractivity contribution in [2.45, 2.75) is 26.4 Å². The molecule has 1 amide bonds. The Hall–Kier alpha value is -1.95. The summed E-state index contributed by atoms with van der Waals surface area (Å²) in [5, 5.41) is 8.62. The maximum atomic E-state index is 11.8. The molecule has 0 saturated carbocycles. The minimum absolute atomic E-state index is 0.0663. The number of hydrogen-bond donors (Lipinski definition) is 1. The monoisotopic (exact) mass is 275 g/mol. The molecule has 0 aliphatic heterocycles. The molecule has 0 aromatic carbocycles. The van der Waals surface area contributed by atoms with Crippen LogP contribution in [0.2, 0.25) is 0 Å². The Morgan fingerprint density at radius 3 is 2.85 bits per heavy atom. The first kappa shape index (κ1) is 14.5. The van der Waals surface area contributed by atoms with Crippen molar-refractivity contribution in [3.63, 3.8) is 0 Å². The van der Waals surface area contributed by atoms with Gasteiger partial charge >= 0.3 is 0 Å². The summed E-state index contributed by atoms with van der Waals surface area (Å²) in [5.41, 5.74) is 2.89. The van der Waals surface area contributed by atoms with E-state index in [4.69, 9.17) is 0 Å². The van der Waals surface area contributed by atoms with Gasteiger partial charge in [0.25, 0.3) is 0 Å². The van der Waals surface area contributed by atoms with Crippen molar-refractivity contribution in [3.8, 4) is 0 Å². The molecule has 1 atom stereocenters. The topological polar surface area (TPSA) is 63.1 Å². The smallest absolute Gasteiger partial charge is 0.238 e. The van der Waals surface area contributed by atoms with E-state index < -0.39 is 0 Å². The maximum Gasteiger partial charge on any atom is 0.238 e. The zero-order valence-electron chi connectivity index (χ0n) is 12.6. The van der Waals surface area contributed by atoms with Crippen LogP contribution in [-0.2, 0) is 18.4 Å². The highest BCUT2D eigenvalue weighted by Crippen LogP contribution is 2.16. The van der Waals surface area contributed by atoms with Crippen molar-refractivity contribution in [1.29, 1.82) is 0 Å². The number of hydrogen-bond acceptors (Lipinski definition) is 4. The highest BCUT2D eigenvalue weighted by Gasteiger charge is 2.14. The summed E-state index contributed by atoms with van der Waals surface area (Å²) in [7, 11) is 5.40. The van der Waals surface area contributed by atoms with Crippen molar-refractivity contribution in [2.75, 3.05) is 14.1 Å². The van der Waals surface area contributed by atoms with Gasteiger partial charge in [-0.3, -0.25) is 9.48 Å². The van der Waals surface area contributed by atoms with Gasteiger partial charge in [-0.15, -0.1) is 0 Å². The third-order valence-corrected chi connectivity index (χ3v) is 3.34. The van der Waals surface area contributed by atoms with Crippen LogP contribution in [0.5, 0.6) is 0 Å². The minimum atomic E-state index is -0.212. The molecule has 1 N–H and O–H groups in total. The van der Waals surface area contributed by atoms with E-state index in [1.807, 2.05) is 27.1 Å². The summed E-state index contributed by atoms with van der Waals surface area (Å²) >= 11 is 0. The fourth-order valence-electron chi connectivity index (χ4n) is 2.19. The van der Waals surface area contributed by atoms with Crippen LogP contribution in [0.15, 0.2) is 12.3 Å². The average molecular weight is 275 g/mol. The third kappa shape index (κ3) is 2.80. The van der Waals surface area contributed by atoms with E-state index in [2.05, 4.69) is 21.5 Å². The van der Waals surface area contributed by atoms with E-state index in [1.165, 1.54) is 0 Å². The molecule has 108 valence electrons. The molecule has 20 heavy (non-hydrogen) atoms. The van der Waals surface area contributed by atoms with Crippen LogP contribution in [0.4, 0.5) is 0 Å². The molecule has 2 rings (SSSR count). The van der Waals surface area contributed by atoms with Crippen LogP contribution in [0.25, 0.3) is 11.0 Å². The lowest BCUT2D eigenvalue weighted by Crippen LogP contribution is -2.41. The minimum Gasteiger partial charge on any atom is -0.347 e. The number of carbonyl (C=O) groups excluding carboxylic acids is 1. The van der Waals surface area contributed by atoms with E-state index >= 15 is 0 Å². The maximum absolute atomic E-state index is 11.8. The van der Waals surface area contributed by atoms with Crippen LogP contribution in [0.1, 0.15) is 18.2 Å². The molecule has 0 aliphatic rings. The van der Waals surface area contributed by atoms with Crippen molar-refractivity contribution >= 4 is 16.9 Å². The number of nitrogens with zero attached hydrogens (tertiary/aromatic N) is 4. The SMILES string of the molecule is Cc1nn(C)c2ncc(CNC(C)C(=O)N(C)C)cc12. The van der Waals surface area contributed by atoms with E-state index in [0.29, 0.717) is 6.54 Å². The second kappa shape index (κ2) is 5.58. The fraction of sp³-hybridized carbons (Fsp3) is 0.500. The first-order chi connectivity index (χ1) is 9.40. The zero-order chi connectivity index (χ0) is 14.9. The second-order valence-corrected chi connectivity index (χ2v) is 5.26. The van der Waals surface area contributed by atoms with Crippen molar-refractivity contribution in [1.82, 2.24) is 25.0 Å². The van der Waals surface area contributed by atoms with Gasteiger partial charge in [-0.25, -0.2) is 4.98 Å². The van der Waals surface area contributed by atoms with Gasteiger partial charge in [0.2, 0.25) is 5.91 Å². The van der Waals surface area contributed by atoms with Crippen LogP contribution in [0, 0.1) is 6.92 Å². The Morgan fingerprint density at radius 2 is 2.20 bits per heavy atom. The van der Waals surface area contributed by atoms with E-state index in [0.717, 1.165) is 22.3 Å². The summed E-state index contributed by atoms with van der Waals surface area (Å²) in [6.07, 6.45) is 1.82. The van der Waals surface area contributed by atoms with Gasteiger partial charge in [0, 0.05) is 39.3 Å². The predicted molar refractivity (Wildman–Crippen MR) is 78.2 cm³/mol. The van der Waals surface area contributed by atoms with E-state index in [9.17, 15) is 4.79 Å². The molecule has 0 saturated heterocycles. The lowest BCUT2D eigenvalue weighted by molar-refractivity contribution is -0.130. The number of amides is 1. The molecule has 6 heteroatoms. The van der Waals surface area contributed by atoms with Crippen molar-refractivity contribution in [2.24, 2.45) is 7.05 Å². The number of likely N-dealkylation sites (N-methyl/N-ethyl adjacent to an activating group) is 1. The highest BCUT2D eigenvalue weighted by atomic mass is 16.2. The van der Waals surface area contributed by atoms with Gasteiger partial charge in [0.1, 0.15) is 0 Å². The van der Waals surface area contributed by atoms with Crippen molar-refractivity contribution in [3.05, 3.63) is 23.5 Å². The number of carbonyl (C=O) groups is 1. The Balaban J connectivity index is 2.11. The summed E-state index contributed by atoms with van der Waals surface area (Å²) in [6, 6.07) is 1.86. The van der Waals surface area contributed by atoms with Gasteiger partial charge in [0.05, 0.1) is 11.7 Å². The molecule has 2 heterocycles. The number of aryl methyl sites for hydroxylation is 2. The van der Waals surface area contributed by atoms with Gasteiger partial charge in [-0.1, -0.05) is 0 Å². The summed E-state index contributed by atoms with van der Waals surface area (Å²) in [6.45, 7) is 4.45. The molecular weight excluding hydrogens is 254 g/mol. The molecule has 0 bridgehead atoms. The van der Waals surface area contributed by atoms with E-state index in [1.54, 1.807) is 23.7 Å². The molecule has 2 aromatic heterocycles. The van der Waals surface area contributed by atoms with Crippen molar-refractivity contribution < 1.29 is 4.79 Å². The molecule has 2 aromatic rings. The summed E-state index contributed by atoms with van der Waals surface area (Å²) in [4.78, 5) is 17.8. The molecule has 1 unspecified atom stereocenters. The molecule has 0 aliphatic carbocycles. The Labute approximate surface area is 118 Å². The van der Waals surface area contributed by atoms with Gasteiger partial charge in [-0.2, -0.15) is 5.10 Å². The molecule has 0 spiro atoms. The van der Waals surface area contributed by atoms with Crippen LogP contribution < -0.4 is 5.32 Å². The average Bonchev–Trinajstić information content (AvgIpc) is 2.70. The quantitative estimate of drug-likeness (QED) is 0.898. The molecule has 6 nitrogen and oxygen atoms in total. The van der Waals surface area contributed by atoms with Crippen LogP contribution >= 0.6 is 0 Å². The second-order valence-electron chi connectivity index (χ2n) is 5.26. The standard InChI is InChI=1S/C14H21N5O/c1-9-12-6-11(8-16-13(12)19(5)17-9)7-15-10(2)14(20)18(3)4/h6,8,10,15H,7H2,1-5H3. The van der Waals surface area contributed by atoms with Crippen LogP contribution in [0.3, 0.4) is 0 Å². The molecular formula is C14H21N5O. The Bertz CT molecular complexity index is 632.